The Balaban J connectivity index is 1.69. The summed E-state index contributed by atoms with van der Waals surface area (Å²) >= 11 is 0. The molecule has 1 heterocycles. The van der Waals surface area contributed by atoms with Gasteiger partial charge in [-0.3, -0.25) is 9.59 Å². The first-order valence-corrected chi connectivity index (χ1v) is 10.4. The Morgan fingerprint density at radius 1 is 0.971 bits per heavy atom. The molecule has 4 rings (SSSR count). The van der Waals surface area contributed by atoms with E-state index in [1.807, 2.05) is 13.8 Å². The van der Waals surface area contributed by atoms with Crippen LogP contribution in [0, 0.1) is 13.8 Å². The van der Waals surface area contributed by atoms with Crippen molar-refractivity contribution in [1.82, 2.24) is 0 Å². The number of aryl methyl sites for hydroxylation is 2. The van der Waals surface area contributed by atoms with Crippen LogP contribution in [0.1, 0.15) is 16.7 Å². The number of hydrogen-bond acceptors (Lipinski definition) is 4. The van der Waals surface area contributed by atoms with Crippen LogP contribution in [0.5, 0.6) is 5.75 Å². The van der Waals surface area contributed by atoms with Gasteiger partial charge >= 0.3 is 6.18 Å². The lowest BCUT2D eigenvalue weighted by molar-refractivity contribution is -0.137. The van der Waals surface area contributed by atoms with Crippen LogP contribution in [0.15, 0.2) is 75.9 Å². The van der Waals surface area contributed by atoms with Gasteiger partial charge in [0.1, 0.15) is 5.58 Å². The number of amides is 1. The maximum absolute atomic E-state index is 13.3. The predicted octanol–water partition coefficient (Wildman–Crippen LogP) is 6.11. The second-order valence-electron chi connectivity index (χ2n) is 7.77. The first kappa shape index (κ1) is 23.1. The fourth-order valence-corrected chi connectivity index (χ4v) is 3.51. The minimum Gasteiger partial charge on any atom is -0.476 e. The molecule has 4 aromatic rings. The lowest BCUT2D eigenvalue weighted by Gasteiger charge is -2.15. The summed E-state index contributed by atoms with van der Waals surface area (Å²) in [6.45, 7) is 3.06. The lowest BCUT2D eigenvalue weighted by Crippen LogP contribution is -2.24. The minimum atomic E-state index is -4.64. The number of fused-ring (bicyclic) bond motifs is 1. The summed E-state index contributed by atoms with van der Waals surface area (Å²) in [4.78, 5) is 25.7. The quantitative estimate of drug-likeness (QED) is 0.384. The number of carbonyl (C=O) groups is 1. The summed E-state index contributed by atoms with van der Waals surface area (Å²) in [7, 11) is 0. The number of alkyl halides is 3. The van der Waals surface area contributed by atoms with Crippen molar-refractivity contribution in [3.8, 4) is 17.1 Å². The van der Waals surface area contributed by atoms with Gasteiger partial charge in [-0.1, -0.05) is 42.5 Å². The van der Waals surface area contributed by atoms with Crippen LogP contribution in [0.2, 0.25) is 0 Å². The van der Waals surface area contributed by atoms with Crippen LogP contribution in [0.3, 0.4) is 0 Å². The fraction of sp³-hybridized carbons (Fsp3) is 0.154. The molecule has 1 amide bonds. The molecule has 0 aliphatic carbocycles. The summed E-state index contributed by atoms with van der Waals surface area (Å²) in [5.74, 6) is -0.915. The number of halogens is 3. The van der Waals surface area contributed by atoms with E-state index >= 15 is 0 Å². The summed E-state index contributed by atoms with van der Waals surface area (Å²) in [6.07, 6.45) is -4.64. The fourth-order valence-electron chi connectivity index (χ4n) is 3.51. The standard InChI is InChI=1S/C26H20F3NO4/c1-15-12-18-21(13-16(15)2)34-24(17-8-4-3-5-9-17)25(23(18)32)33-14-22(31)30-20-11-7-6-10-19(20)26(27,28)29/h3-13H,14H2,1-2H3,(H,30,31). The second kappa shape index (κ2) is 9.05. The molecule has 0 aliphatic rings. The van der Waals surface area contributed by atoms with Gasteiger partial charge in [-0.15, -0.1) is 0 Å². The molecule has 0 fully saturated rings. The third-order valence-corrected chi connectivity index (χ3v) is 5.36. The van der Waals surface area contributed by atoms with Crippen LogP contribution >= 0.6 is 0 Å². The highest BCUT2D eigenvalue weighted by Gasteiger charge is 2.33. The van der Waals surface area contributed by atoms with E-state index in [1.165, 1.54) is 12.1 Å². The molecule has 0 unspecified atom stereocenters. The van der Waals surface area contributed by atoms with E-state index in [1.54, 1.807) is 42.5 Å². The maximum atomic E-state index is 13.3. The second-order valence-corrected chi connectivity index (χ2v) is 7.77. The van der Waals surface area contributed by atoms with Crippen LogP contribution in [-0.4, -0.2) is 12.5 Å². The first-order chi connectivity index (χ1) is 16.1. The molecular weight excluding hydrogens is 447 g/mol. The molecule has 1 aromatic heterocycles. The van der Waals surface area contributed by atoms with E-state index in [2.05, 4.69) is 5.32 Å². The van der Waals surface area contributed by atoms with Crippen molar-refractivity contribution >= 4 is 22.6 Å². The number of ether oxygens (including phenoxy) is 1. The highest BCUT2D eigenvalue weighted by molar-refractivity contribution is 5.93. The molecule has 0 bridgehead atoms. The molecule has 0 saturated carbocycles. The number of hydrogen-bond donors (Lipinski definition) is 1. The summed E-state index contributed by atoms with van der Waals surface area (Å²) < 4.78 is 51.2. The molecule has 0 atom stereocenters. The molecule has 8 heteroatoms. The van der Waals surface area contributed by atoms with Crippen LogP contribution in [-0.2, 0) is 11.0 Å². The highest BCUT2D eigenvalue weighted by Crippen LogP contribution is 2.35. The van der Waals surface area contributed by atoms with Gasteiger partial charge in [0.2, 0.25) is 11.2 Å². The Morgan fingerprint density at radius 2 is 1.62 bits per heavy atom. The molecule has 3 aromatic carbocycles. The zero-order valence-corrected chi connectivity index (χ0v) is 18.3. The van der Waals surface area contributed by atoms with Gasteiger partial charge in [-0.05, 0) is 49.2 Å². The van der Waals surface area contributed by atoms with Crippen molar-refractivity contribution in [3.63, 3.8) is 0 Å². The maximum Gasteiger partial charge on any atom is 0.418 e. The Kier molecular flexibility index (Phi) is 6.15. The predicted molar refractivity (Wildman–Crippen MR) is 123 cm³/mol. The Bertz CT molecular complexity index is 1430. The van der Waals surface area contributed by atoms with Gasteiger partial charge in [0.15, 0.2) is 12.4 Å². The molecule has 5 nitrogen and oxygen atoms in total. The molecule has 0 saturated heterocycles. The number of para-hydroxylation sites is 1. The zero-order valence-electron chi connectivity index (χ0n) is 18.3. The van der Waals surface area contributed by atoms with E-state index in [-0.39, 0.29) is 16.9 Å². The van der Waals surface area contributed by atoms with Gasteiger partial charge in [-0.25, -0.2) is 0 Å². The largest absolute Gasteiger partial charge is 0.476 e. The molecule has 174 valence electrons. The molecule has 34 heavy (non-hydrogen) atoms. The van der Waals surface area contributed by atoms with Crippen LogP contribution < -0.4 is 15.5 Å². The van der Waals surface area contributed by atoms with Crippen molar-refractivity contribution in [2.75, 3.05) is 11.9 Å². The average Bonchev–Trinajstić information content (AvgIpc) is 2.80. The Morgan fingerprint density at radius 3 is 2.32 bits per heavy atom. The van der Waals surface area contributed by atoms with E-state index in [9.17, 15) is 22.8 Å². The van der Waals surface area contributed by atoms with E-state index in [4.69, 9.17) is 9.15 Å². The Hall–Kier alpha value is -4.07. The van der Waals surface area contributed by atoms with Gasteiger partial charge in [0, 0.05) is 5.56 Å². The molecular formula is C26H20F3NO4. The zero-order chi connectivity index (χ0) is 24.5. The first-order valence-electron chi connectivity index (χ1n) is 10.4. The smallest absolute Gasteiger partial charge is 0.418 e. The third-order valence-electron chi connectivity index (χ3n) is 5.36. The van der Waals surface area contributed by atoms with E-state index < -0.39 is 35.4 Å². The van der Waals surface area contributed by atoms with Crippen molar-refractivity contribution in [2.24, 2.45) is 0 Å². The van der Waals surface area contributed by atoms with Crippen LogP contribution in [0.4, 0.5) is 18.9 Å². The minimum absolute atomic E-state index is 0.129. The third kappa shape index (κ3) is 4.66. The van der Waals surface area contributed by atoms with Crippen molar-refractivity contribution in [2.45, 2.75) is 20.0 Å². The van der Waals surface area contributed by atoms with Crippen molar-refractivity contribution in [1.29, 1.82) is 0 Å². The lowest BCUT2D eigenvalue weighted by atomic mass is 10.0. The number of anilines is 1. The van der Waals surface area contributed by atoms with Crippen molar-refractivity contribution < 1.29 is 27.1 Å². The van der Waals surface area contributed by atoms with Gasteiger partial charge in [0.25, 0.3) is 5.91 Å². The molecule has 1 N–H and O–H groups in total. The van der Waals surface area contributed by atoms with Gasteiger partial charge < -0.3 is 14.5 Å². The number of rotatable bonds is 5. The number of benzene rings is 3. The van der Waals surface area contributed by atoms with Crippen LogP contribution in [0.25, 0.3) is 22.3 Å². The molecule has 0 aliphatic heterocycles. The summed E-state index contributed by atoms with van der Waals surface area (Å²) in [5.41, 5.74) is 0.866. The molecule has 0 radical (unpaired) electrons. The summed E-state index contributed by atoms with van der Waals surface area (Å²) in [5, 5.41) is 2.48. The number of nitrogens with one attached hydrogen (secondary N) is 1. The van der Waals surface area contributed by atoms with E-state index in [0.717, 1.165) is 23.3 Å². The van der Waals surface area contributed by atoms with Gasteiger partial charge in [-0.2, -0.15) is 13.2 Å². The SMILES string of the molecule is Cc1cc2oc(-c3ccccc3)c(OCC(=O)Nc3ccccc3C(F)(F)F)c(=O)c2cc1C. The van der Waals surface area contributed by atoms with E-state index in [0.29, 0.717) is 11.1 Å². The Labute approximate surface area is 192 Å². The average molecular weight is 467 g/mol. The normalized spacial score (nSPS) is 11.4. The van der Waals surface area contributed by atoms with Gasteiger partial charge in [0.05, 0.1) is 16.6 Å². The monoisotopic (exact) mass is 467 g/mol. The molecule has 0 spiro atoms. The highest BCUT2D eigenvalue weighted by atomic mass is 19.4. The summed E-state index contributed by atoms with van der Waals surface area (Å²) in [6, 6.07) is 16.8. The van der Waals surface area contributed by atoms with Crippen molar-refractivity contribution in [3.05, 3.63) is 93.6 Å². The topological polar surface area (TPSA) is 68.5 Å². The number of carbonyl (C=O) groups excluding carboxylic acids is 1.